The minimum absolute atomic E-state index is 0.210. The number of benzene rings is 1. The quantitative estimate of drug-likeness (QED) is 0.646. The number of H-pyrrole nitrogens is 1. The Morgan fingerprint density at radius 1 is 1.28 bits per heavy atom. The smallest absolute Gasteiger partial charge is 0.286 e. The molecule has 2 aromatic heterocycles. The zero-order valence-corrected chi connectivity index (χ0v) is 14.8. The third-order valence-corrected chi connectivity index (χ3v) is 4.28. The first-order valence-electron chi connectivity index (χ1n) is 8.39. The number of nitrogens with zero attached hydrogens (tertiary/aromatic N) is 1. The van der Waals surface area contributed by atoms with Crippen LogP contribution in [0.5, 0.6) is 0 Å². The Morgan fingerprint density at radius 3 is 2.92 bits per heavy atom. The molecule has 0 aliphatic carbocycles. The summed E-state index contributed by atoms with van der Waals surface area (Å²) in [6.07, 6.45) is 1.58. The van der Waals surface area contributed by atoms with Gasteiger partial charge in [-0.1, -0.05) is 6.07 Å². The van der Waals surface area contributed by atoms with E-state index in [1.807, 2.05) is 0 Å². The van der Waals surface area contributed by atoms with Gasteiger partial charge in [-0.25, -0.2) is 4.98 Å². The first kappa shape index (κ1) is 17.2. The van der Waals surface area contributed by atoms with Gasteiger partial charge in [-0.15, -0.1) is 0 Å². The monoisotopic (exact) mass is 341 g/mol. The summed E-state index contributed by atoms with van der Waals surface area (Å²) in [6.45, 7) is 5.10. The lowest BCUT2D eigenvalue weighted by molar-refractivity contribution is 0.0916. The number of methoxy groups -OCH3 is 1. The summed E-state index contributed by atoms with van der Waals surface area (Å²) in [7, 11) is 1.59. The number of hydrogen-bond acceptors (Lipinski definition) is 4. The van der Waals surface area contributed by atoms with E-state index in [1.54, 1.807) is 19.2 Å². The first-order chi connectivity index (χ1) is 12.1. The fourth-order valence-electron chi connectivity index (χ4n) is 2.75. The summed E-state index contributed by atoms with van der Waals surface area (Å²) in [5.74, 6) is 1.68. The van der Waals surface area contributed by atoms with Crippen LogP contribution in [0.15, 0.2) is 28.7 Å². The van der Waals surface area contributed by atoms with Crippen molar-refractivity contribution in [1.29, 1.82) is 0 Å². The van der Waals surface area contributed by atoms with Crippen LogP contribution in [0, 0.1) is 13.8 Å². The third kappa shape index (κ3) is 3.91. The highest BCUT2D eigenvalue weighted by Gasteiger charge is 2.11. The average molecular weight is 341 g/mol. The van der Waals surface area contributed by atoms with Crippen molar-refractivity contribution in [2.24, 2.45) is 0 Å². The number of carbonyl (C=O) groups excluding carboxylic acids is 1. The Hall–Kier alpha value is -2.60. The van der Waals surface area contributed by atoms with E-state index in [0.29, 0.717) is 24.7 Å². The Labute approximate surface area is 146 Å². The van der Waals surface area contributed by atoms with E-state index in [-0.39, 0.29) is 5.91 Å². The van der Waals surface area contributed by atoms with Crippen LogP contribution >= 0.6 is 0 Å². The molecule has 1 amide bonds. The molecule has 0 fully saturated rings. The lowest BCUT2D eigenvalue weighted by Gasteiger charge is -2.02. The number of amides is 1. The molecule has 1 aromatic carbocycles. The van der Waals surface area contributed by atoms with Gasteiger partial charge in [-0.3, -0.25) is 4.79 Å². The summed E-state index contributed by atoms with van der Waals surface area (Å²) in [4.78, 5) is 20.0. The number of aryl methyl sites for hydroxylation is 3. The van der Waals surface area contributed by atoms with E-state index in [1.165, 1.54) is 11.1 Å². The summed E-state index contributed by atoms with van der Waals surface area (Å²) in [5, 5.41) is 2.86. The van der Waals surface area contributed by atoms with Crippen LogP contribution < -0.4 is 5.32 Å². The molecule has 6 heteroatoms. The summed E-state index contributed by atoms with van der Waals surface area (Å²) >= 11 is 0. The zero-order chi connectivity index (χ0) is 17.8. The third-order valence-electron chi connectivity index (χ3n) is 4.28. The number of imidazole rings is 1. The maximum atomic E-state index is 12.0. The zero-order valence-electron chi connectivity index (χ0n) is 14.8. The van der Waals surface area contributed by atoms with Gasteiger partial charge in [0.2, 0.25) is 0 Å². The predicted octanol–water partition coefficient (Wildman–Crippen LogP) is 3.28. The molecular formula is C19H23N3O3. The highest BCUT2D eigenvalue weighted by molar-refractivity contribution is 5.91. The van der Waals surface area contributed by atoms with Gasteiger partial charge in [-0.2, -0.15) is 0 Å². The van der Waals surface area contributed by atoms with Crippen molar-refractivity contribution < 1.29 is 13.9 Å². The van der Waals surface area contributed by atoms with Gasteiger partial charge < -0.3 is 19.5 Å². The van der Waals surface area contributed by atoms with E-state index < -0.39 is 0 Å². The Balaban J connectivity index is 1.51. The van der Waals surface area contributed by atoms with Crippen LogP contribution in [-0.2, 0) is 17.8 Å². The Morgan fingerprint density at radius 2 is 2.12 bits per heavy atom. The molecule has 6 nitrogen and oxygen atoms in total. The topological polar surface area (TPSA) is 80.1 Å². The summed E-state index contributed by atoms with van der Waals surface area (Å²) in [6, 6.07) is 7.57. The molecule has 0 saturated heterocycles. The van der Waals surface area contributed by atoms with Gasteiger partial charge in [-0.05, 0) is 49.6 Å². The number of ether oxygens (including phenoxy) is 1. The molecule has 2 heterocycles. The molecule has 0 radical (unpaired) electrons. The van der Waals surface area contributed by atoms with E-state index >= 15 is 0 Å². The predicted molar refractivity (Wildman–Crippen MR) is 95.6 cm³/mol. The van der Waals surface area contributed by atoms with E-state index in [0.717, 1.165) is 29.7 Å². The molecule has 3 aromatic rings. The SMILES string of the molecule is COCc1ccc(C(=O)NCCCc2nc3c(C)c(C)ccc3[nH]2)o1. The Bertz CT molecular complexity index is 879. The normalized spacial score (nSPS) is 11.2. The number of rotatable bonds is 7. The molecular weight excluding hydrogens is 318 g/mol. The van der Waals surface area contributed by atoms with Gasteiger partial charge in [0.1, 0.15) is 18.2 Å². The maximum Gasteiger partial charge on any atom is 0.286 e. The number of furan rings is 1. The minimum Gasteiger partial charge on any atom is -0.453 e. The van der Waals surface area contributed by atoms with Crippen LogP contribution in [0.2, 0.25) is 0 Å². The molecule has 0 spiro atoms. The maximum absolute atomic E-state index is 12.0. The van der Waals surface area contributed by atoms with Crippen LogP contribution in [0.3, 0.4) is 0 Å². The lowest BCUT2D eigenvalue weighted by Crippen LogP contribution is -2.24. The van der Waals surface area contributed by atoms with E-state index in [4.69, 9.17) is 9.15 Å². The van der Waals surface area contributed by atoms with Gasteiger partial charge in [0, 0.05) is 20.1 Å². The van der Waals surface area contributed by atoms with Crippen LogP contribution in [0.25, 0.3) is 11.0 Å². The number of aromatic amines is 1. The van der Waals surface area contributed by atoms with Crippen LogP contribution in [-0.4, -0.2) is 29.5 Å². The molecule has 0 aliphatic rings. The highest BCUT2D eigenvalue weighted by atomic mass is 16.5. The molecule has 3 rings (SSSR count). The number of carbonyl (C=O) groups is 1. The standard InChI is InChI=1S/C19H23N3O3/c1-12-6-8-15-18(13(12)2)22-17(21-15)5-4-10-20-19(23)16-9-7-14(25-16)11-24-3/h6-9H,4-5,10-11H2,1-3H3,(H,20,23)(H,21,22). The van der Waals surface area contributed by atoms with Crippen molar-refractivity contribution in [3.8, 4) is 0 Å². The highest BCUT2D eigenvalue weighted by Crippen LogP contribution is 2.19. The molecule has 25 heavy (non-hydrogen) atoms. The summed E-state index contributed by atoms with van der Waals surface area (Å²) < 4.78 is 10.4. The van der Waals surface area contributed by atoms with E-state index in [2.05, 4.69) is 41.3 Å². The molecule has 132 valence electrons. The molecule has 0 bridgehead atoms. The Kier molecular flexibility index (Phi) is 5.19. The second-order valence-corrected chi connectivity index (χ2v) is 6.15. The first-order valence-corrected chi connectivity index (χ1v) is 8.39. The van der Waals surface area contributed by atoms with Crippen molar-refractivity contribution in [1.82, 2.24) is 15.3 Å². The van der Waals surface area contributed by atoms with Crippen LogP contribution in [0.4, 0.5) is 0 Å². The molecule has 2 N–H and O–H groups in total. The summed E-state index contributed by atoms with van der Waals surface area (Å²) in [5.41, 5.74) is 4.53. The van der Waals surface area contributed by atoms with Gasteiger partial charge in [0.25, 0.3) is 5.91 Å². The van der Waals surface area contributed by atoms with E-state index in [9.17, 15) is 4.79 Å². The minimum atomic E-state index is -0.210. The van der Waals surface area contributed by atoms with Crippen molar-refractivity contribution in [3.63, 3.8) is 0 Å². The molecule has 0 aliphatic heterocycles. The number of fused-ring (bicyclic) bond motifs is 1. The van der Waals surface area contributed by atoms with Crippen molar-refractivity contribution in [2.75, 3.05) is 13.7 Å². The van der Waals surface area contributed by atoms with Crippen LogP contribution in [0.1, 0.15) is 39.7 Å². The molecule has 0 atom stereocenters. The second-order valence-electron chi connectivity index (χ2n) is 6.15. The lowest BCUT2D eigenvalue weighted by atomic mass is 10.1. The van der Waals surface area contributed by atoms with Crippen molar-refractivity contribution in [2.45, 2.75) is 33.3 Å². The van der Waals surface area contributed by atoms with Gasteiger partial charge in [0.15, 0.2) is 5.76 Å². The number of hydrogen-bond donors (Lipinski definition) is 2. The molecule has 0 saturated carbocycles. The van der Waals surface area contributed by atoms with Gasteiger partial charge >= 0.3 is 0 Å². The average Bonchev–Trinajstić information content (AvgIpc) is 3.22. The fraction of sp³-hybridized carbons (Fsp3) is 0.368. The molecule has 0 unspecified atom stereocenters. The number of nitrogens with one attached hydrogen (secondary N) is 2. The van der Waals surface area contributed by atoms with Gasteiger partial charge in [0.05, 0.1) is 11.0 Å². The largest absolute Gasteiger partial charge is 0.453 e. The second kappa shape index (κ2) is 7.53. The number of aromatic nitrogens is 2. The van der Waals surface area contributed by atoms with Crippen molar-refractivity contribution in [3.05, 3.63) is 52.7 Å². The van der Waals surface area contributed by atoms with Crippen molar-refractivity contribution >= 4 is 16.9 Å². The fourth-order valence-corrected chi connectivity index (χ4v) is 2.75.